The van der Waals surface area contributed by atoms with E-state index < -0.39 is 5.69 Å². The van der Waals surface area contributed by atoms with Gasteiger partial charge >= 0.3 is 5.69 Å². The fourth-order valence-corrected chi connectivity index (χ4v) is 3.37. The molecule has 0 aliphatic rings. The van der Waals surface area contributed by atoms with Crippen LogP contribution in [0.15, 0.2) is 95.8 Å². The number of benzene rings is 3. The van der Waals surface area contributed by atoms with Gasteiger partial charge in [0.1, 0.15) is 5.52 Å². The van der Waals surface area contributed by atoms with Gasteiger partial charge in [-0.1, -0.05) is 91.0 Å². The van der Waals surface area contributed by atoms with Crippen LogP contribution in [0.25, 0.3) is 44.9 Å². The Morgan fingerprint density at radius 1 is 0.552 bits per heavy atom. The number of H-pyrrole nitrogens is 1. The SMILES string of the molecule is O=c1nc2nc(-c3ccccc3)c(-c3ccccc3)nc2c(-c2ccccc2)[nH]1. The maximum absolute atomic E-state index is 12.2. The van der Waals surface area contributed by atoms with Gasteiger partial charge in [0.25, 0.3) is 0 Å². The summed E-state index contributed by atoms with van der Waals surface area (Å²) in [5, 5.41) is 0. The Bertz CT molecular complexity index is 1350. The third kappa shape index (κ3) is 3.19. The first-order valence-corrected chi connectivity index (χ1v) is 9.28. The van der Waals surface area contributed by atoms with E-state index in [-0.39, 0.29) is 0 Å². The Kier molecular flexibility index (Phi) is 4.18. The van der Waals surface area contributed by atoms with E-state index >= 15 is 0 Å². The fraction of sp³-hybridized carbons (Fsp3) is 0. The van der Waals surface area contributed by atoms with Crippen molar-refractivity contribution in [3.05, 3.63) is 101 Å². The summed E-state index contributed by atoms with van der Waals surface area (Å²) in [6.07, 6.45) is 0. The molecule has 5 aromatic rings. The maximum atomic E-state index is 12.2. The molecule has 5 nitrogen and oxygen atoms in total. The molecular weight excluding hydrogens is 360 g/mol. The highest BCUT2D eigenvalue weighted by molar-refractivity contribution is 5.91. The van der Waals surface area contributed by atoms with E-state index in [1.807, 2.05) is 91.0 Å². The van der Waals surface area contributed by atoms with Crippen LogP contribution in [0, 0.1) is 0 Å². The van der Waals surface area contributed by atoms with E-state index in [0.717, 1.165) is 22.4 Å². The fourth-order valence-electron chi connectivity index (χ4n) is 3.37. The van der Waals surface area contributed by atoms with E-state index in [9.17, 15) is 4.79 Å². The van der Waals surface area contributed by atoms with Crippen LogP contribution in [-0.2, 0) is 0 Å². The lowest BCUT2D eigenvalue weighted by molar-refractivity contribution is 1.08. The van der Waals surface area contributed by atoms with Gasteiger partial charge in [-0.2, -0.15) is 4.98 Å². The predicted octanol–water partition coefficient (Wildman–Crippen LogP) is 4.71. The zero-order chi connectivity index (χ0) is 19.6. The van der Waals surface area contributed by atoms with E-state index in [1.54, 1.807) is 0 Å². The Morgan fingerprint density at radius 3 is 1.59 bits per heavy atom. The summed E-state index contributed by atoms with van der Waals surface area (Å²) in [6.45, 7) is 0. The van der Waals surface area contributed by atoms with Crippen LogP contribution in [0.4, 0.5) is 0 Å². The molecule has 5 rings (SSSR count). The summed E-state index contributed by atoms with van der Waals surface area (Å²) in [7, 11) is 0. The van der Waals surface area contributed by atoms with Gasteiger partial charge in [-0.15, -0.1) is 0 Å². The Morgan fingerprint density at radius 2 is 1.03 bits per heavy atom. The average Bonchev–Trinajstić information content (AvgIpc) is 2.79. The molecule has 0 aliphatic heterocycles. The van der Waals surface area contributed by atoms with Gasteiger partial charge in [0.05, 0.1) is 17.1 Å². The lowest BCUT2D eigenvalue weighted by Crippen LogP contribution is -2.13. The highest BCUT2D eigenvalue weighted by Crippen LogP contribution is 2.32. The largest absolute Gasteiger partial charge is 0.347 e. The molecule has 0 bridgehead atoms. The Balaban J connectivity index is 1.87. The second kappa shape index (κ2) is 7.13. The van der Waals surface area contributed by atoms with Gasteiger partial charge in [-0.25, -0.2) is 14.8 Å². The van der Waals surface area contributed by atoms with E-state index in [0.29, 0.717) is 22.6 Å². The highest BCUT2D eigenvalue weighted by Gasteiger charge is 2.17. The molecule has 29 heavy (non-hydrogen) atoms. The first-order chi connectivity index (χ1) is 14.3. The number of aromatic amines is 1. The number of aromatic nitrogens is 4. The van der Waals surface area contributed by atoms with Crippen molar-refractivity contribution in [2.45, 2.75) is 0 Å². The molecule has 2 aromatic heterocycles. The van der Waals surface area contributed by atoms with Crippen molar-refractivity contribution < 1.29 is 0 Å². The Hall–Kier alpha value is -4.12. The summed E-state index contributed by atoms with van der Waals surface area (Å²) in [5.41, 5.74) is 5.23. The standard InChI is InChI=1S/C24H16N4O/c29-24-27-21(18-14-8-3-9-15-18)22-23(28-24)26-20(17-12-6-2-7-13-17)19(25-22)16-10-4-1-5-11-16/h1-15H,(H,26,27,28,29). The predicted molar refractivity (Wildman–Crippen MR) is 114 cm³/mol. The van der Waals surface area contributed by atoms with Crippen molar-refractivity contribution >= 4 is 11.2 Å². The van der Waals surface area contributed by atoms with E-state index in [4.69, 9.17) is 9.97 Å². The van der Waals surface area contributed by atoms with Crippen molar-refractivity contribution in [3.63, 3.8) is 0 Å². The molecule has 1 N–H and O–H groups in total. The summed E-state index contributed by atoms with van der Waals surface area (Å²) >= 11 is 0. The van der Waals surface area contributed by atoms with Gasteiger partial charge in [0.2, 0.25) is 0 Å². The molecule has 0 radical (unpaired) electrons. The molecule has 0 saturated heterocycles. The lowest BCUT2D eigenvalue weighted by atomic mass is 10.0. The van der Waals surface area contributed by atoms with E-state index in [2.05, 4.69) is 9.97 Å². The van der Waals surface area contributed by atoms with Crippen LogP contribution in [0.3, 0.4) is 0 Å². The summed E-state index contributed by atoms with van der Waals surface area (Å²) in [5.74, 6) is 0. The molecule has 0 atom stereocenters. The molecule has 5 heteroatoms. The first kappa shape index (κ1) is 17.0. The highest BCUT2D eigenvalue weighted by atomic mass is 16.1. The molecule has 0 fully saturated rings. The van der Waals surface area contributed by atoms with Crippen molar-refractivity contribution in [1.82, 2.24) is 19.9 Å². The second-order valence-corrected chi connectivity index (χ2v) is 6.61. The maximum Gasteiger partial charge on any atom is 0.347 e. The van der Waals surface area contributed by atoms with Crippen molar-refractivity contribution in [2.75, 3.05) is 0 Å². The lowest BCUT2D eigenvalue weighted by Gasteiger charge is -2.12. The zero-order valence-electron chi connectivity index (χ0n) is 15.4. The minimum absolute atomic E-state index is 0.325. The topological polar surface area (TPSA) is 71.5 Å². The first-order valence-electron chi connectivity index (χ1n) is 9.28. The van der Waals surface area contributed by atoms with Gasteiger partial charge in [0.15, 0.2) is 5.65 Å². The van der Waals surface area contributed by atoms with Crippen LogP contribution in [-0.4, -0.2) is 19.9 Å². The summed E-state index contributed by atoms with van der Waals surface area (Å²) in [6, 6.07) is 29.4. The van der Waals surface area contributed by atoms with Crippen LogP contribution in [0.2, 0.25) is 0 Å². The molecular formula is C24H16N4O. The molecule has 0 unspecified atom stereocenters. The zero-order valence-corrected chi connectivity index (χ0v) is 15.4. The summed E-state index contributed by atoms with van der Waals surface area (Å²) < 4.78 is 0. The Labute approximate surface area is 166 Å². The molecule has 0 spiro atoms. The molecule has 3 aromatic carbocycles. The molecule has 2 heterocycles. The number of nitrogens with zero attached hydrogens (tertiary/aromatic N) is 3. The van der Waals surface area contributed by atoms with Crippen LogP contribution in [0.1, 0.15) is 0 Å². The quantitative estimate of drug-likeness (QED) is 0.495. The monoisotopic (exact) mass is 376 g/mol. The average molecular weight is 376 g/mol. The second-order valence-electron chi connectivity index (χ2n) is 6.61. The number of rotatable bonds is 3. The third-order valence-corrected chi connectivity index (χ3v) is 4.71. The minimum atomic E-state index is -0.447. The van der Waals surface area contributed by atoms with Gasteiger partial charge < -0.3 is 4.98 Å². The molecule has 0 saturated carbocycles. The van der Waals surface area contributed by atoms with Crippen LogP contribution < -0.4 is 5.69 Å². The van der Waals surface area contributed by atoms with Gasteiger partial charge in [0, 0.05) is 16.7 Å². The van der Waals surface area contributed by atoms with Gasteiger partial charge in [-0.3, -0.25) is 0 Å². The number of hydrogen-bond acceptors (Lipinski definition) is 4. The normalized spacial score (nSPS) is 10.9. The van der Waals surface area contributed by atoms with Gasteiger partial charge in [-0.05, 0) is 0 Å². The number of hydrogen-bond donors (Lipinski definition) is 1. The van der Waals surface area contributed by atoms with Crippen LogP contribution >= 0.6 is 0 Å². The van der Waals surface area contributed by atoms with E-state index in [1.165, 1.54) is 0 Å². The third-order valence-electron chi connectivity index (χ3n) is 4.71. The van der Waals surface area contributed by atoms with Crippen molar-refractivity contribution in [1.29, 1.82) is 0 Å². The van der Waals surface area contributed by atoms with Crippen molar-refractivity contribution in [2.24, 2.45) is 0 Å². The van der Waals surface area contributed by atoms with Crippen molar-refractivity contribution in [3.8, 4) is 33.8 Å². The molecule has 0 aliphatic carbocycles. The summed E-state index contributed by atoms with van der Waals surface area (Å²) in [4.78, 5) is 28.9. The smallest absolute Gasteiger partial charge is 0.303 e. The molecule has 0 amide bonds. The minimum Gasteiger partial charge on any atom is -0.303 e. The van der Waals surface area contributed by atoms with Crippen LogP contribution in [0.5, 0.6) is 0 Å². The number of fused-ring (bicyclic) bond motifs is 1. The molecule has 138 valence electrons. The number of nitrogens with one attached hydrogen (secondary N) is 1.